The molecule has 0 fully saturated rings. The third-order valence-corrected chi connectivity index (χ3v) is 2.43. The topological polar surface area (TPSA) is 34.1 Å². The Balaban J connectivity index is 2.73. The Morgan fingerprint density at radius 3 is 2.75 bits per heavy atom. The Morgan fingerprint density at radius 2 is 2.19 bits per heavy atom. The van der Waals surface area contributed by atoms with E-state index in [0.717, 1.165) is 12.2 Å². The zero-order chi connectivity index (χ0) is 12.0. The molecule has 1 heterocycles. The van der Waals surface area contributed by atoms with Crippen molar-refractivity contribution in [2.24, 2.45) is 0 Å². The van der Waals surface area contributed by atoms with E-state index in [1.807, 2.05) is 26.1 Å². The highest BCUT2D eigenvalue weighted by Gasteiger charge is 2.14. The van der Waals surface area contributed by atoms with Crippen LogP contribution in [0.15, 0.2) is 18.3 Å². The third-order valence-electron chi connectivity index (χ3n) is 2.43. The summed E-state index contributed by atoms with van der Waals surface area (Å²) in [4.78, 5) is 4.43. The summed E-state index contributed by atoms with van der Waals surface area (Å²) < 4.78 is 5.66. The minimum absolute atomic E-state index is 0.189. The maximum atomic E-state index is 5.66. The summed E-state index contributed by atoms with van der Waals surface area (Å²) in [5.41, 5.74) is 2.30. The van der Waals surface area contributed by atoms with Gasteiger partial charge in [-0.15, -0.1) is 0 Å². The standard InChI is InChI=1S/C13H22N2O/c1-5-14-12(9-16-10(2)3)13-11(4)7-6-8-15-13/h6-8,10,12,14H,5,9H2,1-4H3. The van der Waals surface area contributed by atoms with Gasteiger partial charge in [0.05, 0.1) is 24.4 Å². The first-order valence-corrected chi connectivity index (χ1v) is 5.91. The molecule has 0 radical (unpaired) electrons. The van der Waals surface area contributed by atoms with Crippen LogP contribution in [0.1, 0.15) is 38.1 Å². The van der Waals surface area contributed by atoms with E-state index in [4.69, 9.17) is 4.74 Å². The Bertz CT molecular complexity index is 313. The quantitative estimate of drug-likeness (QED) is 0.803. The van der Waals surface area contributed by atoms with Gasteiger partial charge in [-0.3, -0.25) is 4.98 Å². The smallest absolute Gasteiger partial charge is 0.0735 e. The van der Waals surface area contributed by atoms with E-state index in [-0.39, 0.29) is 12.1 Å². The summed E-state index contributed by atoms with van der Waals surface area (Å²) in [5.74, 6) is 0. The molecular weight excluding hydrogens is 200 g/mol. The molecule has 16 heavy (non-hydrogen) atoms. The number of aryl methyl sites for hydroxylation is 1. The Hall–Kier alpha value is -0.930. The molecule has 3 heteroatoms. The van der Waals surface area contributed by atoms with Gasteiger partial charge in [0.1, 0.15) is 0 Å². The van der Waals surface area contributed by atoms with Crippen molar-refractivity contribution in [3.05, 3.63) is 29.6 Å². The highest BCUT2D eigenvalue weighted by atomic mass is 16.5. The lowest BCUT2D eigenvalue weighted by Crippen LogP contribution is -2.28. The summed E-state index contributed by atoms with van der Waals surface area (Å²) >= 11 is 0. The van der Waals surface area contributed by atoms with Crippen molar-refractivity contribution in [2.45, 2.75) is 39.8 Å². The molecule has 0 bridgehead atoms. The van der Waals surface area contributed by atoms with Gasteiger partial charge >= 0.3 is 0 Å². The van der Waals surface area contributed by atoms with E-state index in [0.29, 0.717) is 6.61 Å². The molecule has 0 aliphatic carbocycles. The summed E-state index contributed by atoms with van der Waals surface area (Å²) in [6, 6.07) is 4.24. The van der Waals surface area contributed by atoms with Gasteiger partial charge < -0.3 is 10.1 Å². The highest BCUT2D eigenvalue weighted by molar-refractivity contribution is 5.21. The lowest BCUT2D eigenvalue weighted by Gasteiger charge is -2.20. The Labute approximate surface area is 98.2 Å². The average molecular weight is 222 g/mol. The van der Waals surface area contributed by atoms with E-state index < -0.39 is 0 Å². The molecule has 0 aliphatic heterocycles. The van der Waals surface area contributed by atoms with E-state index >= 15 is 0 Å². The lowest BCUT2D eigenvalue weighted by molar-refractivity contribution is 0.0605. The Morgan fingerprint density at radius 1 is 1.44 bits per heavy atom. The number of likely N-dealkylation sites (N-methyl/N-ethyl adjacent to an activating group) is 1. The predicted octanol–water partition coefficient (Wildman–Crippen LogP) is 2.47. The van der Waals surface area contributed by atoms with Crippen LogP contribution in [0.2, 0.25) is 0 Å². The number of rotatable bonds is 6. The average Bonchev–Trinajstić information content (AvgIpc) is 2.25. The summed E-state index contributed by atoms with van der Waals surface area (Å²) in [5, 5.41) is 3.41. The minimum atomic E-state index is 0.189. The normalized spacial score (nSPS) is 13.1. The maximum Gasteiger partial charge on any atom is 0.0735 e. The zero-order valence-corrected chi connectivity index (χ0v) is 10.7. The predicted molar refractivity (Wildman–Crippen MR) is 66.5 cm³/mol. The van der Waals surface area contributed by atoms with E-state index in [1.54, 1.807) is 0 Å². The van der Waals surface area contributed by atoms with Crippen molar-refractivity contribution in [1.82, 2.24) is 10.3 Å². The number of hydrogen-bond acceptors (Lipinski definition) is 3. The molecule has 0 saturated carbocycles. The molecule has 1 aromatic heterocycles. The van der Waals surface area contributed by atoms with Crippen LogP contribution in [-0.2, 0) is 4.74 Å². The van der Waals surface area contributed by atoms with Gasteiger partial charge in [0.2, 0.25) is 0 Å². The summed E-state index contributed by atoms with van der Waals surface area (Å²) in [6.45, 7) is 9.87. The van der Waals surface area contributed by atoms with Crippen LogP contribution in [0, 0.1) is 6.92 Å². The van der Waals surface area contributed by atoms with Crippen LogP contribution in [0.3, 0.4) is 0 Å². The number of pyridine rings is 1. The Kier molecular flexibility index (Phi) is 5.43. The van der Waals surface area contributed by atoms with Crippen LogP contribution in [0.5, 0.6) is 0 Å². The molecule has 1 aromatic rings. The molecule has 1 atom stereocenters. The molecule has 1 unspecified atom stereocenters. The second-order valence-corrected chi connectivity index (χ2v) is 4.20. The SMILES string of the molecule is CCNC(COC(C)C)c1ncccc1C. The van der Waals surface area contributed by atoms with E-state index in [1.165, 1.54) is 5.56 Å². The zero-order valence-electron chi connectivity index (χ0n) is 10.7. The molecule has 1 rings (SSSR count). The first kappa shape index (κ1) is 13.1. The molecule has 0 spiro atoms. The fraction of sp³-hybridized carbons (Fsp3) is 0.615. The third kappa shape index (κ3) is 3.91. The van der Waals surface area contributed by atoms with Crippen LogP contribution in [-0.4, -0.2) is 24.2 Å². The first-order valence-electron chi connectivity index (χ1n) is 5.91. The number of aromatic nitrogens is 1. The van der Waals surface area contributed by atoms with Gasteiger partial charge in [0.15, 0.2) is 0 Å². The van der Waals surface area contributed by atoms with Gasteiger partial charge in [0.25, 0.3) is 0 Å². The molecule has 90 valence electrons. The van der Waals surface area contributed by atoms with Gasteiger partial charge in [-0.25, -0.2) is 0 Å². The van der Waals surface area contributed by atoms with Crippen molar-refractivity contribution in [3.8, 4) is 0 Å². The number of nitrogens with one attached hydrogen (secondary N) is 1. The van der Waals surface area contributed by atoms with Gasteiger partial charge in [-0.1, -0.05) is 13.0 Å². The van der Waals surface area contributed by atoms with Crippen molar-refractivity contribution in [1.29, 1.82) is 0 Å². The number of hydrogen-bond donors (Lipinski definition) is 1. The van der Waals surface area contributed by atoms with Crippen molar-refractivity contribution in [2.75, 3.05) is 13.2 Å². The van der Waals surface area contributed by atoms with Crippen molar-refractivity contribution in [3.63, 3.8) is 0 Å². The van der Waals surface area contributed by atoms with Crippen LogP contribution in [0.4, 0.5) is 0 Å². The summed E-state index contributed by atoms with van der Waals surface area (Å²) in [6.07, 6.45) is 2.09. The monoisotopic (exact) mass is 222 g/mol. The van der Waals surface area contributed by atoms with Crippen LogP contribution >= 0.6 is 0 Å². The van der Waals surface area contributed by atoms with Crippen LogP contribution < -0.4 is 5.32 Å². The minimum Gasteiger partial charge on any atom is -0.377 e. The van der Waals surface area contributed by atoms with Gasteiger partial charge in [-0.2, -0.15) is 0 Å². The lowest BCUT2D eigenvalue weighted by atomic mass is 10.1. The highest BCUT2D eigenvalue weighted by Crippen LogP contribution is 2.15. The molecule has 0 aromatic carbocycles. The molecule has 3 nitrogen and oxygen atoms in total. The fourth-order valence-electron chi connectivity index (χ4n) is 1.63. The van der Waals surface area contributed by atoms with Gasteiger partial charge in [0, 0.05) is 6.20 Å². The molecule has 0 amide bonds. The second kappa shape index (κ2) is 6.61. The van der Waals surface area contributed by atoms with Crippen LogP contribution in [0.25, 0.3) is 0 Å². The van der Waals surface area contributed by atoms with Crippen molar-refractivity contribution < 1.29 is 4.74 Å². The van der Waals surface area contributed by atoms with E-state index in [9.17, 15) is 0 Å². The molecule has 0 saturated heterocycles. The first-order chi connectivity index (χ1) is 7.65. The maximum absolute atomic E-state index is 5.66. The van der Waals surface area contributed by atoms with E-state index in [2.05, 4.69) is 30.2 Å². The molecular formula is C13H22N2O. The fourth-order valence-corrected chi connectivity index (χ4v) is 1.63. The molecule has 1 N–H and O–H groups in total. The van der Waals surface area contributed by atoms with Crippen molar-refractivity contribution >= 4 is 0 Å². The largest absolute Gasteiger partial charge is 0.377 e. The number of nitrogens with zero attached hydrogens (tertiary/aromatic N) is 1. The molecule has 0 aliphatic rings. The second-order valence-electron chi connectivity index (χ2n) is 4.20. The summed E-state index contributed by atoms with van der Waals surface area (Å²) in [7, 11) is 0. The number of ether oxygens (including phenoxy) is 1. The van der Waals surface area contributed by atoms with Gasteiger partial charge in [-0.05, 0) is 38.9 Å².